The molecule has 0 spiro atoms. The summed E-state index contributed by atoms with van der Waals surface area (Å²) in [7, 11) is 0. The van der Waals surface area contributed by atoms with Crippen molar-refractivity contribution in [3.8, 4) is 0 Å². The summed E-state index contributed by atoms with van der Waals surface area (Å²) in [6.45, 7) is 3.35. The lowest BCUT2D eigenvalue weighted by atomic mass is 10.0. The average molecular weight is 384 g/mol. The molecule has 1 aromatic carbocycles. The van der Waals surface area contributed by atoms with Gasteiger partial charge < -0.3 is 15.5 Å². The van der Waals surface area contributed by atoms with Crippen LogP contribution in [-0.4, -0.2) is 47.8 Å². The van der Waals surface area contributed by atoms with Crippen LogP contribution in [0.3, 0.4) is 0 Å². The molecule has 7 heteroatoms. The van der Waals surface area contributed by atoms with Crippen molar-refractivity contribution in [2.75, 3.05) is 13.1 Å². The van der Waals surface area contributed by atoms with E-state index in [1.54, 1.807) is 4.90 Å². The van der Waals surface area contributed by atoms with E-state index in [0.717, 1.165) is 37.2 Å². The first-order chi connectivity index (χ1) is 13.6. The van der Waals surface area contributed by atoms with Gasteiger partial charge in [0.15, 0.2) is 0 Å². The zero-order valence-corrected chi connectivity index (χ0v) is 16.1. The molecule has 0 aliphatic carbocycles. The zero-order valence-electron chi connectivity index (χ0n) is 16.1. The van der Waals surface area contributed by atoms with E-state index in [9.17, 15) is 14.4 Å². The number of imide groups is 1. The average Bonchev–Trinajstić information content (AvgIpc) is 3.30. The Kier molecular flexibility index (Phi) is 5.73. The highest BCUT2D eigenvalue weighted by atomic mass is 16.2. The normalized spacial score (nSPS) is 24.6. The van der Waals surface area contributed by atoms with Crippen LogP contribution in [0.5, 0.6) is 0 Å². The van der Waals surface area contributed by atoms with Gasteiger partial charge in [-0.3, -0.25) is 19.7 Å². The summed E-state index contributed by atoms with van der Waals surface area (Å²) in [4.78, 5) is 37.8. The molecule has 7 nitrogen and oxygen atoms in total. The highest BCUT2D eigenvalue weighted by Gasteiger charge is 2.38. The highest BCUT2D eigenvalue weighted by Crippen LogP contribution is 2.28. The summed E-state index contributed by atoms with van der Waals surface area (Å²) in [6, 6.07) is 6.04. The number of fused-ring (bicyclic) bond motifs is 1. The Morgan fingerprint density at radius 1 is 1.18 bits per heavy atom. The number of rotatable bonds is 7. The van der Waals surface area contributed by atoms with Gasteiger partial charge in [0, 0.05) is 31.1 Å². The standard InChI is InChI=1S/C21H28N4O3/c26-19-8-7-18(20(27)24-19)25-13-15-11-14(5-6-17(15)21(25)28)12-22-9-1-3-16-4-2-10-23-16/h5-6,11,16,18,22-23H,1-4,7-10,12-13H2,(H,24,26,27). The van der Waals surface area contributed by atoms with Crippen molar-refractivity contribution in [1.29, 1.82) is 0 Å². The van der Waals surface area contributed by atoms with E-state index < -0.39 is 6.04 Å². The number of hydrogen-bond donors (Lipinski definition) is 3. The van der Waals surface area contributed by atoms with Crippen molar-refractivity contribution in [1.82, 2.24) is 20.9 Å². The summed E-state index contributed by atoms with van der Waals surface area (Å²) < 4.78 is 0. The highest BCUT2D eigenvalue weighted by molar-refractivity contribution is 6.05. The number of carbonyl (C=O) groups excluding carboxylic acids is 3. The summed E-state index contributed by atoms with van der Waals surface area (Å²) in [6.07, 6.45) is 5.64. The van der Waals surface area contributed by atoms with Crippen molar-refractivity contribution < 1.29 is 14.4 Å². The monoisotopic (exact) mass is 384 g/mol. The molecule has 2 atom stereocenters. The second-order valence-electron chi connectivity index (χ2n) is 8.00. The third-order valence-electron chi connectivity index (χ3n) is 5.99. The number of benzene rings is 1. The lowest BCUT2D eigenvalue weighted by molar-refractivity contribution is -0.136. The van der Waals surface area contributed by atoms with Crippen LogP contribution in [0.2, 0.25) is 0 Å². The molecule has 0 aromatic heterocycles. The predicted octanol–water partition coefficient (Wildman–Crippen LogP) is 1.07. The first kappa shape index (κ1) is 19.1. The number of amides is 3. The summed E-state index contributed by atoms with van der Waals surface area (Å²) in [5.41, 5.74) is 2.78. The quantitative estimate of drug-likeness (QED) is 0.483. The van der Waals surface area contributed by atoms with Gasteiger partial charge >= 0.3 is 0 Å². The molecule has 3 heterocycles. The maximum absolute atomic E-state index is 12.7. The van der Waals surface area contributed by atoms with E-state index in [4.69, 9.17) is 0 Å². The molecule has 0 radical (unpaired) electrons. The van der Waals surface area contributed by atoms with E-state index in [2.05, 4.69) is 22.0 Å². The third kappa shape index (κ3) is 4.10. The Balaban J connectivity index is 1.29. The van der Waals surface area contributed by atoms with Gasteiger partial charge in [0.2, 0.25) is 11.8 Å². The summed E-state index contributed by atoms with van der Waals surface area (Å²) in [5, 5.41) is 9.35. The zero-order chi connectivity index (χ0) is 19.5. The number of hydrogen-bond acceptors (Lipinski definition) is 5. The van der Waals surface area contributed by atoms with Crippen LogP contribution >= 0.6 is 0 Å². The minimum atomic E-state index is -0.552. The van der Waals surface area contributed by atoms with E-state index in [-0.39, 0.29) is 24.1 Å². The molecule has 2 unspecified atom stereocenters. The largest absolute Gasteiger partial charge is 0.322 e. The summed E-state index contributed by atoms with van der Waals surface area (Å²) in [5.74, 6) is -0.744. The molecule has 1 aromatic rings. The first-order valence-corrected chi connectivity index (χ1v) is 10.3. The summed E-state index contributed by atoms with van der Waals surface area (Å²) >= 11 is 0. The Bertz CT molecular complexity index is 773. The maximum atomic E-state index is 12.7. The van der Waals surface area contributed by atoms with Crippen LogP contribution in [0.25, 0.3) is 0 Å². The molecule has 0 saturated carbocycles. The van der Waals surface area contributed by atoms with E-state index in [1.165, 1.54) is 19.3 Å². The van der Waals surface area contributed by atoms with Crippen LogP contribution in [-0.2, 0) is 22.7 Å². The number of carbonyl (C=O) groups is 3. The van der Waals surface area contributed by atoms with Gasteiger partial charge in [0.05, 0.1) is 0 Å². The van der Waals surface area contributed by atoms with Crippen LogP contribution in [0, 0.1) is 0 Å². The fourth-order valence-corrected chi connectivity index (χ4v) is 4.45. The third-order valence-corrected chi connectivity index (χ3v) is 5.99. The van der Waals surface area contributed by atoms with Crippen molar-refractivity contribution in [3.63, 3.8) is 0 Å². The second kappa shape index (κ2) is 8.41. The smallest absolute Gasteiger partial charge is 0.255 e. The SMILES string of the molecule is O=C1CCC(N2Cc3cc(CNCCCC4CCCN4)ccc3C2=O)C(=O)N1. The lowest BCUT2D eigenvalue weighted by Gasteiger charge is -2.29. The molecule has 3 aliphatic rings. The van der Waals surface area contributed by atoms with Gasteiger partial charge in [-0.05, 0) is 62.4 Å². The Morgan fingerprint density at radius 3 is 2.86 bits per heavy atom. The molecular formula is C21H28N4O3. The van der Waals surface area contributed by atoms with Gasteiger partial charge in [0.1, 0.15) is 6.04 Å². The van der Waals surface area contributed by atoms with Crippen molar-refractivity contribution in [2.24, 2.45) is 0 Å². The van der Waals surface area contributed by atoms with Gasteiger partial charge in [-0.1, -0.05) is 12.1 Å². The molecule has 3 N–H and O–H groups in total. The Hall–Kier alpha value is -2.25. The molecule has 2 fully saturated rings. The van der Waals surface area contributed by atoms with Crippen LogP contribution in [0.15, 0.2) is 18.2 Å². The lowest BCUT2D eigenvalue weighted by Crippen LogP contribution is -2.52. The van der Waals surface area contributed by atoms with Crippen LogP contribution in [0.1, 0.15) is 60.0 Å². The van der Waals surface area contributed by atoms with E-state index in [0.29, 0.717) is 24.6 Å². The predicted molar refractivity (Wildman–Crippen MR) is 104 cm³/mol. The van der Waals surface area contributed by atoms with Crippen LogP contribution < -0.4 is 16.0 Å². The fraction of sp³-hybridized carbons (Fsp3) is 0.571. The number of nitrogens with one attached hydrogen (secondary N) is 3. The minimum absolute atomic E-state index is 0.118. The van der Waals surface area contributed by atoms with Crippen molar-refractivity contribution in [3.05, 3.63) is 34.9 Å². The molecule has 2 saturated heterocycles. The molecule has 0 bridgehead atoms. The Morgan fingerprint density at radius 2 is 2.07 bits per heavy atom. The molecule has 28 heavy (non-hydrogen) atoms. The Labute approximate surface area is 165 Å². The molecule has 150 valence electrons. The van der Waals surface area contributed by atoms with Crippen LogP contribution in [0.4, 0.5) is 0 Å². The molecule has 3 aliphatic heterocycles. The van der Waals surface area contributed by atoms with Crippen molar-refractivity contribution in [2.45, 2.75) is 63.7 Å². The van der Waals surface area contributed by atoms with E-state index in [1.807, 2.05) is 12.1 Å². The van der Waals surface area contributed by atoms with Gasteiger partial charge in [-0.2, -0.15) is 0 Å². The molecule has 3 amide bonds. The number of piperidine rings is 1. The second-order valence-corrected chi connectivity index (χ2v) is 8.00. The molecular weight excluding hydrogens is 356 g/mol. The van der Waals surface area contributed by atoms with Gasteiger partial charge in [-0.15, -0.1) is 0 Å². The van der Waals surface area contributed by atoms with Gasteiger partial charge in [-0.25, -0.2) is 0 Å². The first-order valence-electron chi connectivity index (χ1n) is 10.3. The maximum Gasteiger partial charge on any atom is 0.255 e. The fourth-order valence-electron chi connectivity index (χ4n) is 4.45. The van der Waals surface area contributed by atoms with E-state index >= 15 is 0 Å². The van der Waals surface area contributed by atoms with Gasteiger partial charge in [0.25, 0.3) is 5.91 Å². The van der Waals surface area contributed by atoms with Crippen molar-refractivity contribution >= 4 is 17.7 Å². The number of nitrogens with zero attached hydrogens (tertiary/aromatic N) is 1. The topological polar surface area (TPSA) is 90.5 Å². The molecule has 4 rings (SSSR count). The minimum Gasteiger partial charge on any atom is -0.322 e.